The van der Waals surface area contributed by atoms with E-state index < -0.39 is 26.8 Å². The van der Waals surface area contributed by atoms with E-state index in [0.717, 1.165) is 0 Å². The second-order valence-corrected chi connectivity index (χ2v) is 8.19. The van der Waals surface area contributed by atoms with Gasteiger partial charge in [-0.2, -0.15) is 0 Å². The molecule has 6 atom stereocenters. The summed E-state index contributed by atoms with van der Waals surface area (Å²) in [6.07, 6.45) is 6.58. The van der Waals surface area contributed by atoms with Crippen LogP contribution in [0.5, 0.6) is 0 Å². The minimum Gasteiger partial charge on any atom is -0.365 e. The minimum atomic E-state index is -3.55. The van der Waals surface area contributed by atoms with Crippen molar-refractivity contribution in [3.05, 3.63) is 54.6 Å². The van der Waals surface area contributed by atoms with Crippen LogP contribution in [0.4, 0.5) is 0 Å². The van der Waals surface area contributed by atoms with Gasteiger partial charge in [-0.25, -0.2) is 8.42 Å². The Labute approximate surface area is 123 Å². The van der Waals surface area contributed by atoms with Crippen LogP contribution in [0.1, 0.15) is 0 Å². The summed E-state index contributed by atoms with van der Waals surface area (Å²) < 4.78 is 37.6. The summed E-state index contributed by atoms with van der Waals surface area (Å²) in [7, 11) is -3.55. The predicted octanol–water partition coefficient (Wildman–Crippen LogP) is 1.49. The number of fused-ring (bicyclic) bond motifs is 9. The maximum absolute atomic E-state index is 13.4. The molecule has 0 amide bonds. The van der Waals surface area contributed by atoms with Gasteiger partial charge in [0.25, 0.3) is 0 Å². The SMILES string of the molecule is O=S(=O)(c1ccccc1)C12C([C@@H]3C=C[C@H]1O3)[C@H]1C=C[C@@H]2O1. The molecule has 4 bridgehead atoms. The molecule has 2 fully saturated rings. The summed E-state index contributed by atoms with van der Waals surface area (Å²) in [5.41, 5.74) is 0. The van der Waals surface area contributed by atoms with Gasteiger partial charge in [-0.05, 0) is 12.1 Å². The van der Waals surface area contributed by atoms with Crippen molar-refractivity contribution in [3.8, 4) is 0 Å². The lowest BCUT2D eigenvalue weighted by Crippen LogP contribution is -2.57. The molecule has 1 aromatic rings. The molecule has 5 heteroatoms. The minimum absolute atomic E-state index is 0.146. The Kier molecular flexibility index (Phi) is 2.12. The Morgan fingerprint density at radius 1 is 0.857 bits per heavy atom. The van der Waals surface area contributed by atoms with Crippen molar-refractivity contribution in [2.24, 2.45) is 5.92 Å². The number of hydrogen-bond acceptors (Lipinski definition) is 4. The summed E-state index contributed by atoms with van der Waals surface area (Å²) in [5.74, 6) is -0.146. The zero-order valence-corrected chi connectivity index (χ0v) is 11.9. The third-order valence-electron chi connectivity index (χ3n) is 5.20. The number of rotatable bonds is 2. The first-order valence-electron chi connectivity index (χ1n) is 7.13. The van der Waals surface area contributed by atoms with Crippen molar-refractivity contribution in [2.75, 3.05) is 0 Å². The van der Waals surface area contributed by atoms with Crippen molar-refractivity contribution in [2.45, 2.75) is 34.1 Å². The van der Waals surface area contributed by atoms with Crippen LogP contribution in [0.15, 0.2) is 59.5 Å². The summed E-state index contributed by atoms with van der Waals surface area (Å²) in [6.45, 7) is 0. The van der Waals surface area contributed by atoms with Crippen molar-refractivity contribution >= 4 is 9.84 Å². The van der Waals surface area contributed by atoms with Crippen LogP contribution in [0.25, 0.3) is 0 Å². The molecule has 1 aromatic carbocycles. The Morgan fingerprint density at radius 3 is 2.00 bits per heavy atom. The summed E-state index contributed by atoms with van der Waals surface area (Å²) in [6, 6.07) is 8.65. The second kappa shape index (κ2) is 3.66. The average Bonchev–Trinajstić information content (AvgIpc) is 3.26. The summed E-state index contributed by atoms with van der Waals surface area (Å²) >= 11 is 0. The molecule has 0 spiro atoms. The molecule has 4 heterocycles. The van der Waals surface area contributed by atoms with Crippen molar-refractivity contribution in [1.82, 2.24) is 0 Å². The molecular weight excluding hydrogens is 288 g/mol. The van der Waals surface area contributed by atoms with Crippen molar-refractivity contribution < 1.29 is 17.9 Å². The lowest BCUT2D eigenvalue weighted by atomic mass is 9.75. The molecule has 2 unspecified atom stereocenters. The molecule has 0 saturated carbocycles. The summed E-state index contributed by atoms with van der Waals surface area (Å²) in [4.78, 5) is 0.351. The van der Waals surface area contributed by atoms with E-state index in [1.165, 1.54) is 0 Å². The summed E-state index contributed by atoms with van der Waals surface area (Å²) in [5, 5.41) is 0. The van der Waals surface area contributed by atoms with Gasteiger partial charge in [0.1, 0.15) is 4.75 Å². The maximum atomic E-state index is 13.4. The molecule has 0 radical (unpaired) electrons. The molecular formula is C16H14O4S. The number of ether oxygens (including phenoxy) is 2. The molecule has 5 rings (SSSR count). The molecule has 4 aliphatic heterocycles. The smallest absolute Gasteiger partial charge is 0.190 e. The fourth-order valence-electron chi connectivity index (χ4n) is 4.39. The van der Waals surface area contributed by atoms with Gasteiger partial charge < -0.3 is 9.47 Å². The Bertz CT molecular complexity index is 737. The number of benzene rings is 1. The zero-order valence-electron chi connectivity index (χ0n) is 11.1. The van der Waals surface area contributed by atoms with E-state index >= 15 is 0 Å². The fourth-order valence-corrected chi connectivity index (χ4v) is 6.82. The van der Waals surface area contributed by atoms with Crippen LogP contribution < -0.4 is 0 Å². The van der Waals surface area contributed by atoms with Gasteiger partial charge in [0.15, 0.2) is 9.84 Å². The third kappa shape index (κ3) is 1.19. The number of sulfone groups is 1. The Hall–Kier alpha value is -1.43. The van der Waals surface area contributed by atoms with E-state index in [2.05, 4.69) is 0 Å². The van der Waals surface area contributed by atoms with E-state index in [1.54, 1.807) is 24.3 Å². The van der Waals surface area contributed by atoms with Gasteiger partial charge in [-0.15, -0.1) is 0 Å². The van der Waals surface area contributed by atoms with E-state index in [9.17, 15) is 8.42 Å². The standard InChI is InChI=1S/C16H14O4S/c17-21(18,10-4-2-1-3-5-10)16-13-8-6-11(19-13)15(16)12-7-9-14(16)20-12/h1-9,11-15H/t11-,12+,13+,14-,15?,16?. The van der Waals surface area contributed by atoms with Crippen LogP contribution in [0, 0.1) is 5.92 Å². The molecule has 0 N–H and O–H groups in total. The van der Waals surface area contributed by atoms with Crippen LogP contribution in [0.2, 0.25) is 0 Å². The molecule has 2 saturated heterocycles. The molecule has 0 aromatic heterocycles. The van der Waals surface area contributed by atoms with E-state index in [4.69, 9.17) is 9.47 Å². The van der Waals surface area contributed by atoms with Gasteiger partial charge in [0, 0.05) is 5.92 Å². The van der Waals surface area contributed by atoms with Gasteiger partial charge in [-0.1, -0.05) is 42.5 Å². The molecule has 4 nitrogen and oxygen atoms in total. The molecule has 0 aliphatic carbocycles. The first-order valence-corrected chi connectivity index (χ1v) is 8.61. The highest BCUT2D eigenvalue weighted by Gasteiger charge is 2.75. The Balaban J connectivity index is 1.77. The van der Waals surface area contributed by atoms with Gasteiger partial charge in [0.2, 0.25) is 0 Å². The molecule has 4 aliphatic rings. The monoisotopic (exact) mass is 302 g/mol. The second-order valence-electron chi connectivity index (χ2n) is 6.01. The largest absolute Gasteiger partial charge is 0.365 e. The van der Waals surface area contributed by atoms with E-state index in [1.807, 2.05) is 30.4 Å². The zero-order chi connectivity index (χ0) is 14.2. The number of hydrogen-bond donors (Lipinski definition) is 0. The predicted molar refractivity (Wildman–Crippen MR) is 75.5 cm³/mol. The van der Waals surface area contributed by atoms with E-state index in [0.29, 0.717) is 4.90 Å². The molecule has 108 valence electrons. The highest BCUT2D eigenvalue weighted by molar-refractivity contribution is 7.93. The highest BCUT2D eigenvalue weighted by Crippen LogP contribution is 2.60. The van der Waals surface area contributed by atoms with Crippen molar-refractivity contribution in [1.29, 1.82) is 0 Å². The molecule has 21 heavy (non-hydrogen) atoms. The first kappa shape index (κ1) is 12.1. The average molecular weight is 302 g/mol. The normalized spacial score (nSPS) is 45.4. The topological polar surface area (TPSA) is 52.6 Å². The lowest BCUT2D eigenvalue weighted by Gasteiger charge is -2.37. The van der Waals surface area contributed by atoms with E-state index in [-0.39, 0.29) is 18.1 Å². The van der Waals surface area contributed by atoms with Crippen LogP contribution in [-0.4, -0.2) is 37.6 Å². The van der Waals surface area contributed by atoms with Crippen LogP contribution in [0.3, 0.4) is 0 Å². The van der Waals surface area contributed by atoms with Crippen LogP contribution >= 0.6 is 0 Å². The van der Waals surface area contributed by atoms with Crippen LogP contribution in [-0.2, 0) is 19.3 Å². The van der Waals surface area contributed by atoms with Gasteiger partial charge in [0.05, 0.1) is 29.3 Å². The maximum Gasteiger partial charge on any atom is 0.190 e. The first-order chi connectivity index (χ1) is 10.2. The fraction of sp³-hybridized carbons (Fsp3) is 0.375. The van der Waals surface area contributed by atoms with Crippen molar-refractivity contribution in [3.63, 3.8) is 0 Å². The quantitative estimate of drug-likeness (QED) is 0.777. The van der Waals surface area contributed by atoms with Gasteiger partial charge in [-0.3, -0.25) is 0 Å². The Morgan fingerprint density at radius 2 is 1.43 bits per heavy atom. The van der Waals surface area contributed by atoms with Gasteiger partial charge >= 0.3 is 0 Å². The highest BCUT2D eigenvalue weighted by atomic mass is 32.2. The lowest BCUT2D eigenvalue weighted by molar-refractivity contribution is 0.0271. The third-order valence-corrected chi connectivity index (χ3v) is 7.76.